The van der Waals surface area contributed by atoms with E-state index in [0.29, 0.717) is 6.54 Å². The fourth-order valence-corrected chi connectivity index (χ4v) is 1.51. The number of amides is 2. The predicted molar refractivity (Wildman–Crippen MR) is 57.3 cm³/mol. The third-order valence-electron chi connectivity index (χ3n) is 2.54. The Morgan fingerprint density at radius 3 is 2.60 bits per heavy atom. The van der Waals surface area contributed by atoms with Gasteiger partial charge in [-0.3, -0.25) is 9.59 Å². The summed E-state index contributed by atoms with van der Waals surface area (Å²) in [7, 11) is 1.58. The molecule has 1 aliphatic heterocycles. The standard InChI is InChI=1S/C10H19N3O2/c1-3-6-13(7-9(14)11-2)10(15)8-4-5-12-8/h8,12H,3-7H2,1-2H3,(H,11,14)/t8-/m1/s1. The summed E-state index contributed by atoms with van der Waals surface area (Å²) in [5.74, 6) is -0.0668. The molecule has 0 unspecified atom stereocenters. The average Bonchev–Trinajstić information content (AvgIpc) is 2.14. The summed E-state index contributed by atoms with van der Waals surface area (Å²) in [5.41, 5.74) is 0. The highest BCUT2D eigenvalue weighted by atomic mass is 16.2. The molecule has 1 atom stereocenters. The molecule has 5 heteroatoms. The minimum absolute atomic E-state index is 0.0479. The van der Waals surface area contributed by atoms with Crippen LogP contribution in [0.15, 0.2) is 0 Å². The van der Waals surface area contributed by atoms with Gasteiger partial charge in [-0.2, -0.15) is 0 Å². The zero-order valence-electron chi connectivity index (χ0n) is 9.38. The molecule has 0 aromatic rings. The van der Waals surface area contributed by atoms with Crippen LogP contribution in [0.5, 0.6) is 0 Å². The number of carbonyl (C=O) groups excluding carboxylic acids is 2. The minimum Gasteiger partial charge on any atom is -0.358 e. The largest absolute Gasteiger partial charge is 0.358 e. The molecule has 1 aliphatic rings. The van der Waals surface area contributed by atoms with Crippen molar-refractivity contribution < 1.29 is 9.59 Å². The summed E-state index contributed by atoms with van der Waals surface area (Å²) in [6, 6.07) is -0.0683. The van der Waals surface area contributed by atoms with Crippen LogP contribution in [-0.4, -0.2) is 49.4 Å². The van der Waals surface area contributed by atoms with Crippen molar-refractivity contribution in [3.8, 4) is 0 Å². The molecule has 0 spiro atoms. The average molecular weight is 213 g/mol. The Kier molecular flexibility index (Phi) is 4.55. The zero-order chi connectivity index (χ0) is 11.3. The van der Waals surface area contributed by atoms with E-state index in [1.54, 1.807) is 11.9 Å². The first-order chi connectivity index (χ1) is 7.19. The van der Waals surface area contributed by atoms with Crippen LogP contribution in [0.25, 0.3) is 0 Å². The van der Waals surface area contributed by atoms with Crippen molar-refractivity contribution in [3.63, 3.8) is 0 Å². The van der Waals surface area contributed by atoms with Gasteiger partial charge in [0.05, 0.1) is 12.6 Å². The third kappa shape index (κ3) is 3.20. The summed E-state index contributed by atoms with van der Waals surface area (Å²) >= 11 is 0. The van der Waals surface area contributed by atoms with Crippen LogP contribution in [0.4, 0.5) is 0 Å². The van der Waals surface area contributed by atoms with E-state index in [0.717, 1.165) is 19.4 Å². The summed E-state index contributed by atoms with van der Waals surface area (Å²) < 4.78 is 0. The monoisotopic (exact) mass is 213 g/mol. The Balaban J connectivity index is 2.47. The molecule has 1 saturated heterocycles. The highest BCUT2D eigenvalue weighted by molar-refractivity contribution is 5.87. The minimum atomic E-state index is -0.115. The lowest BCUT2D eigenvalue weighted by molar-refractivity contribution is -0.139. The number of hydrogen-bond donors (Lipinski definition) is 2. The predicted octanol–water partition coefficient (Wildman–Crippen LogP) is -0.667. The summed E-state index contributed by atoms with van der Waals surface area (Å²) in [6.45, 7) is 3.71. The number of rotatable bonds is 5. The highest BCUT2D eigenvalue weighted by Crippen LogP contribution is 2.07. The van der Waals surface area contributed by atoms with Crippen LogP contribution in [0, 0.1) is 0 Å². The number of nitrogens with one attached hydrogen (secondary N) is 2. The molecule has 1 heterocycles. The van der Waals surface area contributed by atoms with E-state index in [2.05, 4.69) is 10.6 Å². The number of likely N-dealkylation sites (N-methyl/N-ethyl adjacent to an activating group) is 1. The molecule has 0 aromatic heterocycles. The number of carbonyl (C=O) groups is 2. The summed E-state index contributed by atoms with van der Waals surface area (Å²) in [6.07, 6.45) is 1.75. The second kappa shape index (κ2) is 5.70. The fourth-order valence-electron chi connectivity index (χ4n) is 1.51. The van der Waals surface area contributed by atoms with Gasteiger partial charge in [0.15, 0.2) is 0 Å². The lowest BCUT2D eigenvalue weighted by Crippen LogP contribution is -2.55. The molecule has 0 radical (unpaired) electrons. The highest BCUT2D eigenvalue weighted by Gasteiger charge is 2.29. The Morgan fingerprint density at radius 1 is 1.53 bits per heavy atom. The second-order valence-corrected chi connectivity index (χ2v) is 3.73. The lowest BCUT2D eigenvalue weighted by Gasteiger charge is -2.32. The topological polar surface area (TPSA) is 61.4 Å². The van der Waals surface area contributed by atoms with Crippen molar-refractivity contribution in [1.82, 2.24) is 15.5 Å². The first-order valence-electron chi connectivity index (χ1n) is 5.41. The molecular formula is C10H19N3O2. The summed E-state index contributed by atoms with van der Waals surface area (Å²) in [4.78, 5) is 24.7. The van der Waals surface area contributed by atoms with Gasteiger partial charge >= 0.3 is 0 Å². The maximum Gasteiger partial charge on any atom is 0.240 e. The van der Waals surface area contributed by atoms with Gasteiger partial charge in [0, 0.05) is 13.6 Å². The maximum atomic E-state index is 11.9. The Morgan fingerprint density at radius 2 is 2.20 bits per heavy atom. The smallest absolute Gasteiger partial charge is 0.240 e. The molecule has 15 heavy (non-hydrogen) atoms. The van der Waals surface area contributed by atoms with E-state index < -0.39 is 0 Å². The van der Waals surface area contributed by atoms with Gasteiger partial charge in [-0.15, -0.1) is 0 Å². The number of hydrogen-bond acceptors (Lipinski definition) is 3. The molecule has 2 amide bonds. The van der Waals surface area contributed by atoms with Crippen LogP contribution in [0.2, 0.25) is 0 Å². The lowest BCUT2D eigenvalue weighted by atomic mass is 10.1. The third-order valence-corrected chi connectivity index (χ3v) is 2.54. The van der Waals surface area contributed by atoms with Gasteiger partial charge in [-0.1, -0.05) is 6.92 Å². The van der Waals surface area contributed by atoms with Crippen LogP contribution in [0.3, 0.4) is 0 Å². The van der Waals surface area contributed by atoms with E-state index >= 15 is 0 Å². The zero-order valence-corrected chi connectivity index (χ0v) is 9.38. The summed E-state index contributed by atoms with van der Waals surface area (Å²) in [5, 5.41) is 5.58. The van der Waals surface area contributed by atoms with Crippen molar-refractivity contribution in [3.05, 3.63) is 0 Å². The molecule has 0 bridgehead atoms. The van der Waals surface area contributed by atoms with Crippen LogP contribution in [-0.2, 0) is 9.59 Å². The Hall–Kier alpha value is -1.10. The first-order valence-corrected chi connectivity index (χ1v) is 5.41. The maximum absolute atomic E-state index is 11.9. The quantitative estimate of drug-likeness (QED) is 0.637. The van der Waals surface area contributed by atoms with Gasteiger partial charge in [0.1, 0.15) is 0 Å². The van der Waals surface area contributed by atoms with E-state index in [1.807, 2.05) is 6.92 Å². The second-order valence-electron chi connectivity index (χ2n) is 3.73. The molecule has 1 rings (SSSR count). The molecular weight excluding hydrogens is 194 g/mol. The molecule has 0 aliphatic carbocycles. The van der Waals surface area contributed by atoms with Crippen LogP contribution in [0.1, 0.15) is 19.8 Å². The Labute approximate surface area is 90.2 Å². The van der Waals surface area contributed by atoms with Crippen molar-refractivity contribution >= 4 is 11.8 Å². The van der Waals surface area contributed by atoms with E-state index in [4.69, 9.17) is 0 Å². The molecule has 86 valence electrons. The van der Waals surface area contributed by atoms with Gasteiger partial charge < -0.3 is 15.5 Å². The Bertz CT molecular complexity index is 239. The first kappa shape index (κ1) is 12.0. The van der Waals surface area contributed by atoms with Gasteiger partial charge in [-0.25, -0.2) is 0 Å². The van der Waals surface area contributed by atoms with Crippen molar-refractivity contribution in [2.75, 3.05) is 26.7 Å². The molecule has 5 nitrogen and oxygen atoms in total. The van der Waals surface area contributed by atoms with E-state index in [-0.39, 0.29) is 24.4 Å². The van der Waals surface area contributed by atoms with Crippen LogP contribution >= 0.6 is 0 Å². The fraction of sp³-hybridized carbons (Fsp3) is 0.800. The number of nitrogens with zero attached hydrogens (tertiary/aromatic N) is 1. The van der Waals surface area contributed by atoms with Crippen molar-refractivity contribution in [2.45, 2.75) is 25.8 Å². The molecule has 0 aromatic carbocycles. The van der Waals surface area contributed by atoms with E-state index in [1.165, 1.54) is 0 Å². The van der Waals surface area contributed by atoms with Crippen molar-refractivity contribution in [2.24, 2.45) is 0 Å². The van der Waals surface area contributed by atoms with Crippen molar-refractivity contribution in [1.29, 1.82) is 0 Å². The van der Waals surface area contributed by atoms with Crippen LogP contribution < -0.4 is 10.6 Å². The normalized spacial score (nSPS) is 19.2. The van der Waals surface area contributed by atoms with E-state index in [9.17, 15) is 9.59 Å². The molecule has 0 saturated carbocycles. The van der Waals surface area contributed by atoms with Gasteiger partial charge in [0.25, 0.3) is 0 Å². The van der Waals surface area contributed by atoms with Gasteiger partial charge in [0.2, 0.25) is 11.8 Å². The van der Waals surface area contributed by atoms with Gasteiger partial charge in [-0.05, 0) is 19.4 Å². The SMILES string of the molecule is CCCN(CC(=O)NC)C(=O)[C@H]1CCN1. The molecule has 2 N–H and O–H groups in total. The molecule has 1 fully saturated rings.